The molecule has 14 heteroatoms. The first-order chi connectivity index (χ1) is 23.9. The summed E-state index contributed by atoms with van der Waals surface area (Å²) in [6.07, 6.45) is 4.44. The van der Waals surface area contributed by atoms with Gasteiger partial charge < -0.3 is 14.6 Å². The molecule has 2 N–H and O–H groups in total. The maximum absolute atomic E-state index is 13.9. The number of ketones is 1. The van der Waals surface area contributed by atoms with Crippen LogP contribution in [0.2, 0.25) is 0 Å². The zero-order chi connectivity index (χ0) is 37.5. The molecule has 4 fully saturated rings. The number of rotatable bonds is 11. The Kier molecular flexibility index (Phi) is 11.5. The molecule has 12 nitrogen and oxygen atoms in total. The largest absolute Gasteiger partial charge is 0.466 e. The summed E-state index contributed by atoms with van der Waals surface area (Å²) in [7, 11) is -4.15. The molecule has 0 spiro atoms. The van der Waals surface area contributed by atoms with E-state index in [2.05, 4.69) is 32.1 Å². The Morgan fingerprint density at radius 3 is 2.47 bits per heavy atom. The lowest BCUT2D eigenvalue weighted by Crippen LogP contribution is -2.63. The lowest BCUT2D eigenvalue weighted by atomic mass is 9.44. The van der Waals surface area contributed by atoms with Crippen molar-refractivity contribution in [3.8, 4) is 0 Å². The Morgan fingerprint density at radius 2 is 1.84 bits per heavy atom. The minimum absolute atomic E-state index is 0.0796. The fourth-order valence-corrected chi connectivity index (χ4v) is 12.3. The van der Waals surface area contributed by atoms with Gasteiger partial charge in [0.2, 0.25) is 10.0 Å². The quantitative estimate of drug-likeness (QED) is 0.124. The second-order valence-electron chi connectivity index (χ2n) is 15.7. The molecular formula is C37H52N2O10S2. The second kappa shape index (κ2) is 14.9. The van der Waals surface area contributed by atoms with E-state index in [1.165, 1.54) is 11.8 Å². The summed E-state index contributed by atoms with van der Waals surface area (Å²) in [5.74, 6) is -1.81. The smallest absolute Gasteiger partial charge is 0.316 e. The van der Waals surface area contributed by atoms with E-state index >= 15 is 0 Å². The van der Waals surface area contributed by atoms with Crippen LogP contribution in [-0.2, 0) is 33.9 Å². The standard InChI is InChI=1S/C37H52N2O10S2/c1-7-35(5)20-30(36(6)22(3)15-17-37(23(4)33(35)42)18-16-28(40)32(36)37)49-31(41)21-50-29-14-9-24(34(43)48-8-2)19-27(29)38-51(46,47)26-12-10-25(11-13-26)39(44)45/h7,10-13,22-24,27,29-30,32-33,38,42H,1,8-9,14-21H2,2-6H3/t22-,23+,24+,27-,29-,30-,32+,33+,35-,36+,37+/m1/s1. The molecule has 11 atom stereocenters. The van der Waals surface area contributed by atoms with Gasteiger partial charge in [0.1, 0.15) is 11.9 Å². The molecule has 0 saturated heterocycles. The number of hydrogen-bond acceptors (Lipinski definition) is 11. The molecule has 4 aliphatic rings. The molecule has 4 saturated carbocycles. The Morgan fingerprint density at radius 1 is 1.16 bits per heavy atom. The molecule has 2 bridgehead atoms. The molecule has 51 heavy (non-hydrogen) atoms. The summed E-state index contributed by atoms with van der Waals surface area (Å²) in [4.78, 5) is 50.6. The van der Waals surface area contributed by atoms with Gasteiger partial charge in [0, 0.05) is 46.6 Å². The third kappa shape index (κ3) is 7.26. The van der Waals surface area contributed by atoms with Crippen LogP contribution < -0.4 is 4.72 Å². The van der Waals surface area contributed by atoms with E-state index in [1.807, 2.05) is 6.92 Å². The average molecular weight is 749 g/mol. The molecule has 1 aromatic carbocycles. The van der Waals surface area contributed by atoms with Crippen LogP contribution in [0.25, 0.3) is 0 Å². The van der Waals surface area contributed by atoms with Gasteiger partial charge in [0.05, 0.1) is 34.2 Å². The molecule has 4 aliphatic carbocycles. The van der Waals surface area contributed by atoms with E-state index in [0.717, 1.165) is 37.1 Å². The topological polar surface area (TPSA) is 179 Å². The lowest BCUT2D eigenvalue weighted by Gasteiger charge is -2.61. The number of carbonyl (C=O) groups is 3. The van der Waals surface area contributed by atoms with Gasteiger partial charge in [-0.25, -0.2) is 13.1 Å². The van der Waals surface area contributed by atoms with Crippen molar-refractivity contribution < 1.29 is 42.3 Å². The van der Waals surface area contributed by atoms with Gasteiger partial charge in [-0.2, -0.15) is 0 Å². The Bertz CT molecular complexity index is 1640. The Labute approximate surface area is 305 Å². The van der Waals surface area contributed by atoms with Crippen LogP contribution in [0.1, 0.15) is 86.0 Å². The average Bonchev–Trinajstić information content (AvgIpc) is 3.45. The zero-order valence-electron chi connectivity index (χ0n) is 30.2. The van der Waals surface area contributed by atoms with Gasteiger partial charge in [-0.1, -0.05) is 33.8 Å². The van der Waals surface area contributed by atoms with Crippen LogP contribution in [0.3, 0.4) is 0 Å². The van der Waals surface area contributed by atoms with Crippen molar-refractivity contribution in [2.24, 2.45) is 39.9 Å². The van der Waals surface area contributed by atoms with E-state index in [4.69, 9.17) is 9.47 Å². The van der Waals surface area contributed by atoms with Crippen molar-refractivity contribution in [1.82, 2.24) is 4.72 Å². The van der Waals surface area contributed by atoms with E-state index in [0.29, 0.717) is 32.1 Å². The molecule has 0 aliphatic heterocycles. The molecule has 1 aromatic rings. The number of thioether (sulfide) groups is 1. The van der Waals surface area contributed by atoms with Gasteiger partial charge in [-0.05, 0) is 81.3 Å². The SMILES string of the molecule is C=C[C@]1(C)C[C@@H](OC(=O)CS[C@@H]2CC[C@H](C(=O)OCC)C[C@H]2NS(=O)(=O)c2ccc([N+](=O)[O-])cc2)[C@]2(C)[C@H](C)CC[C@]3(CCC(=O)[C@H]32)[C@@H](C)[C@@H]1O. The van der Waals surface area contributed by atoms with E-state index in [1.54, 1.807) is 13.0 Å². The third-order valence-corrected chi connectivity index (χ3v) is 16.0. The second-order valence-corrected chi connectivity index (χ2v) is 18.6. The van der Waals surface area contributed by atoms with Crippen LogP contribution in [0, 0.1) is 50.0 Å². The zero-order valence-corrected chi connectivity index (χ0v) is 31.8. The molecule has 5 rings (SSSR count). The highest BCUT2D eigenvalue weighted by Crippen LogP contribution is 2.68. The number of hydrogen-bond donors (Lipinski definition) is 2. The van der Waals surface area contributed by atoms with Crippen LogP contribution >= 0.6 is 11.8 Å². The monoisotopic (exact) mass is 748 g/mol. The number of non-ortho nitro benzene ring substituents is 1. The van der Waals surface area contributed by atoms with Gasteiger partial charge >= 0.3 is 11.9 Å². The minimum Gasteiger partial charge on any atom is -0.466 e. The summed E-state index contributed by atoms with van der Waals surface area (Å²) in [6.45, 7) is 14.2. The number of Topliss-reactive ketones (excluding diaryl/α,β-unsaturated/α-hetero) is 1. The highest BCUT2D eigenvalue weighted by atomic mass is 32.2. The van der Waals surface area contributed by atoms with Crippen molar-refractivity contribution >= 4 is 45.2 Å². The van der Waals surface area contributed by atoms with Crippen molar-refractivity contribution in [3.63, 3.8) is 0 Å². The fraction of sp³-hybridized carbons (Fsp3) is 0.703. The van der Waals surface area contributed by atoms with Gasteiger partial charge in [0.15, 0.2) is 0 Å². The number of nitrogens with one attached hydrogen (secondary N) is 1. The van der Waals surface area contributed by atoms with Gasteiger partial charge in [-0.15, -0.1) is 18.3 Å². The van der Waals surface area contributed by atoms with Crippen molar-refractivity contribution in [1.29, 1.82) is 0 Å². The van der Waals surface area contributed by atoms with Crippen molar-refractivity contribution in [3.05, 3.63) is 47.0 Å². The van der Waals surface area contributed by atoms with Crippen LogP contribution in [0.15, 0.2) is 41.8 Å². The van der Waals surface area contributed by atoms with Crippen LogP contribution in [-0.4, -0.2) is 72.0 Å². The predicted octanol–water partition coefficient (Wildman–Crippen LogP) is 5.61. The number of aliphatic hydroxyl groups excluding tert-OH is 1. The third-order valence-electron chi connectivity index (χ3n) is 13.1. The van der Waals surface area contributed by atoms with Crippen LogP contribution in [0.4, 0.5) is 5.69 Å². The summed E-state index contributed by atoms with van der Waals surface area (Å²) in [5, 5.41) is 22.5. The normalized spacial score (nSPS) is 38.1. The predicted molar refractivity (Wildman–Crippen MR) is 192 cm³/mol. The Hall–Kier alpha value is -2.81. The van der Waals surface area contributed by atoms with Crippen molar-refractivity contribution in [2.45, 2.75) is 114 Å². The number of ether oxygens (including phenoxy) is 2. The molecule has 0 radical (unpaired) electrons. The summed E-state index contributed by atoms with van der Waals surface area (Å²) < 4.78 is 41.3. The summed E-state index contributed by atoms with van der Waals surface area (Å²) in [5.41, 5.74) is -2.08. The molecule has 0 heterocycles. The number of benzene rings is 1. The fourth-order valence-electron chi connectivity index (χ4n) is 9.82. The van der Waals surface area contributed by atoms with E-state index < -0.39 is 72.5 Å². The number of nitro benzene ring substituents is 1. The van der Waals surface area contributed by atoms with Gasteiger partial charge in [0.25, 0.3) is 5.69 Å². The first-order valence-electron chi connectivity index (χ1n) is 18.0. The molecule has 0 unspecified atom stereocenters. The highest BCUT2D eigenvalue weighted by molar-refractivity contribution is 8.00. The first kappa shape index (κ1) is 39.4. The van der Waals surface area contributed by atoms with E-state index in [9.17, 15) is 38.0 Å². The van der Waals surface area contributed by atoms with Crippen LogP contribution in [0.5, 0.6) is 0 Å². The first-order valence-corrected chi connectivity index (χ1v) is 20.6. The maximum atomic E-state index is 13.9. The lowest BCUT2D eigenvalue weighted by molar-refractivity contribution is -0.384. The minimum atomic E-state index is -4.15. The number of nitrogens with zero attached hydrogens (tertiary/aromatic N) is 1. The summed E-state index contributed by atoms with van der Waals surface area (Å²) in [6, 6.07) is 3.80. The molecular weight excluding hydrogens is 697 g/mol. The number of sulfonamides is 1. The highest BCUT2D eigenvalue weighted by Gasteiger charge is 2.68. The number of aliphatic hydroxyl groups is 1. The molecule has 0 amide bonds. The van der Waals surface area contributed by atoms with E-state index in [-0.39, 0.29) is 52.9 Å². The van der Waals surface area contributed by atoms with Gasteiger partial charge in [-0.3, -0.25) is 24.5 Å². The molecule has 282 valence electrons. The number of esters is 2. The number of carbonyl (C=O) groups excluding carboxylic acids is 3. The number of nitro groups is 1. The summed E-state index contributed by atoms with van der Waals surface area (Å²) >= 11 is 1.25. The maximum Gasteiger partial charge on any atom is 0.316 e. The molecule has 0 aromatic heterocycles. The Balaban J connectivity index is 1.37. The van der Waals surface area contributed by atoms with Crippen molar-refractivity contribution in [2.75, 3.05) is 12.4 Å².